The summed E-state index contributed by atoms with van der Waals surface area (Å²) in [5.41, 5.74) is 1.10. The van der Waals surface area contributed by atoms with Gasteiger partial charge in [-0.25, -0.2) is 0 Å². The van der Waals surface area contributed by atoms with Crippen molar-refractivity contribution < 1.29 is 9.53 Å². The molecular formula is C18H28N2O2. The zero-order valence-corrected chi connectivity index (χ0v) is 14.1. The average Bonchev–Trinajstić information content (AvgIpc) is 2.43. The Kier molecular flexibility index (Phi) is 5.83. The Morgan fingerprint density at radius 3 is 2.36 bits per heavy atom. The maximum absolute atomic E-state index is 12.2. The molecule has 2 N–H and O–H groups in total. The van der Waals surface area contributed by atoms with Crippen molar-refractivity contribution in [3.8, 4) is 5.75 Å². The molecule has 1 aliphatic rings. The fourth-order valence-corrected chi connectivity index (χ4v) is 2.42. The first-order valence-electron chi connectivity index (χ1n) is 8.21. The molecule has 1 aromatic rings. The van der Waals surface area contributed by atoms with Gasteiger partial charge in [0.15, 0.2) is 0 Å². The number of ether oxygens (including phenoxy) is 1. The minimum absolute atomic E-state index is 0.0159. The molecule has 0 saturated carbocycles. The van der Waals surface area contributed by atoms with Gasteiger partial charge in [-0.2, -0.15) is 0 Å². The van der Waals surface area contributed by atoms with E-state index in [0.29, 0.717) is 11.8 Å². The van der Waals surface area contributed by atoms with Crippen LogP contribution in [-0.4, -0.2) is 25.6 Å². The predicted octanol–water partition coefficient (Wildman–Crippen LogP) is 2.75. The molecule has 2 unspecified atom stereocenters. The lowest BCUT2D eigenvalue weighted by atomic mass is 9.88. The summed E-state index contributed by atoms with van der Waals surface area (Å²) in [4.78, 5) is 12.2. The molecule has 1 aromatic carbocycles. The molecule has 0 bridgehead atoms. The van der Waals surface area contributed by atoms with E-state index in [4.69, 9.17) is 4.74 Å². The summed E-state index contributed by atoms with van der Waals surface area (Å²) in [6.45, 7) is 10.9. The highest BCUT2D eigenvalue weighted by Gasteiger charge is 2.29. The zero-order valence-electron chi connectivity index (χ0n) is 14.1. The van der Waals surface area contributed by atoms with Gasteiger partial charge in [0.1, 0.15) is 5.75 Å². The summed E-state index contributed by atoms with van der Waals surface area (Å²) >= 11 is 0. The van der Waals surface area contributed by atoms with Crippen LogP contribution in [0.1, 0.15) is 39.3 Å². The molecule has 122 valence electrons. The lowest BCUT2D eigenvalue weighted by Crippen LogP contribution is -2.49. The first-order chi connectivity index (χ1) is 10.5. The second-order valence-corrected chi connectivity index (χ2v) is 6.71. The molecule has 22 heavy (non-hydrogen) atoms. The van der Waals surface area contributed by atoms with Crippen molar-refractivity contribution in [3.63, 3.8) is 0 Å². The number of amides is 1. The predicted molar refractivity (Wildman–Crippen MR) is 88.9 cm³/mol. The first kappa shape index (κ1) is 16.8. The highest BCUT2D eigenvalue weighted by molar-refractivity contribution is 5.79. The van der Waals surface area contributed by atoms with E-state index in [1.807, 2.05) is 38.1 Å². The minimum atomic E-state index is 0.0159. The molecule has 1 saturated heterocycles. The highest BCUT2D eigenvalue weighted by Crippen LogP contribution is 2.20. The number of rotatable bonds is 7. The Morgan fingerprint density at radius 2 is 1.86 bits per heavy atom. The molecule has 4 heteroatoms. The topological polar surface area (TPSA) is 50.4 Å². The van der Waals surface area contributed by atoms with Crippen LogP contribution in [0.2, 0.25) is 0 Å². The molecule has 0 aromatic heterocycles. The van der Waals surface area contributed by atoms with Crippen LogP contribution in [0.4, 0.5) is 0 Å². The SMILES string of the molecule is CC(C)COc1ccc(C(C)NC(=O)C(C)C2CNC2)cc1. The molecular weight excluding hydrogens is 276 g/mol. The summed E-state index contributed by atoms with van der Waals surface area (Å²) < 4.78 is 5.68. The van der Waals surface area contributed by atoms with Crippen LogP contribution in [0.3, 0.4) is 0 Å². The number of carbonyl (C=O) groups is 1. The molecule has 2 atom stereocenters. The number of hydrogen-bond acceptors (Lipinski definition) is 3. The summed E-state index contributed by atoms with van der Waals surface area (Å²) in [7, 11) is 0. The van der Waals surface area contributed by atoms with Gasteiger partial charge in [-0.15, -0.1) is 0 Å². The molecule has 1 fully saturated rings. The number of carbonyl (C=O) groups excluding carboxylic acids is 1. The van der Waals surface area contributed by atoms with Gasteiger partial charge in [-0.3, -0.25) is 4.79 Å². The first-order valence-corrected chi connectivity index (χ1v) is 8.21. The van der Waals surface area contributed by atoms with Gasteiger partial charge in [0.25, 0.3) is 0 Å². The van der Waals surface area contributed by atoms with Crippen molar-refractivity contribution in [2.75, 3.05) is 19.7 Å². The number of hydrogen-bond donors (Lipinski definition) is 2. The van der Waals surface area contributed by atoms with Crippen molar-refractivity contribution in [2.45, 2.75) is 33.7 Å². The van der Waals surface area contributed by atoms with Crippen LogP contribution in [0, 0.1) is 17.8 Å². The van der Waals surface area contributed by atoms with Gasteiger partial charge in [0.05, 0.1) is 12.6 Å². The van der Waals surface area contributed by atoms with E-state index in [9.17, 15) is 4.79 Å². The lowest BCUT2D eigenvalue weighted by Gasteiger charge is -2.32. The maximum Gasteiger partial charge on any atom is 0.223 e. The van der Waals surface area contributed by atoms with Gasteiger partial charge in [-0.05, 0) is 49.5 Å². The normalized spacial score (nSPS) is 17.7. The Balaban J connectivity index is 1.86. The van der Waals surface area contributed by atoms with E-state index in [-0.39, 0.29) is 17.9 Å². The molecule has 0 radical (unpaired) electrons. The van der Waals surface area contributed by atoms with Crippen LogP contribution < -0.4 is 15.4 Å². The fourth-order valence-electron chi connectivity index (χ4n) is 2.42. The standard InChI is InChI=1S/C18H28N2O2/c1-12(2)11-22-17-7-5-15(6-8-17)14(4)20-18(21)13(3)16-9-19-10-16/h5-8,12-14,16,19H,9-11H2,1-4H3,(H,20,21). The third-order valence-corrected chi connectivity index (χ3v) is 4.26. The molecule has 1 heterocycles. The van der Waals surface area contributed by atoms with Crippen molar-refractivity contribution in [2.24, 2.45) is 17.8 Å². The third kappa shape index (κ3) is 4.47. The zero-order chi connectivity index (χ0) is 16.1. The monoisotopic (exact) mass is 304 g/mol. The van der Waals surface area contributed by atoms with E-state index >= 15 is 0 Å². The van der Waals surface area contributed by atoms with Crippen molar-refractivity contribution >= 4 is 5.91 Å². The van der Waals surface area contributed by atoms with Crippen molar-refractivity contribution in [1.82, 2.24) is 10.6 Å². The molecule has 0 spiro atoms. The number of nitrogens with one attached hydrogen (secondary N) is 2. The second kappa shape index (κ2) is 7.63. The van der Waals surface area contributed by atoms with E-state index in [1.54, 1.807) is 0 Å². The Labute approximate surface area is 133 Å². The highest BCUT2D eigenvalue weighted by atomic mass is 16.5. The maximum atomic E-state index is 12.2. The molecule has 0 aliphatic carbocycles. The van der Waals surface area contributed by atoms with Gasteiger partial charge in [0.2, 0.25) is 5.91 Å². The largest absolute Gasteiger partial charge is 0.493 e. The Bertz CT molecular complexity index is 480. The van der Waals surface area contributed by atoms with Gasteiger partial charge < -0.3 is 15.4 Å². The molecule has 4 nitrogen and oxygen atoms in total. The van der Waals surface area contributed by atoms with Gasteiger partial charge >= 0.3 is 0 Å². The van der Waals surface area contributed by atoms with Crippen molar-refractivity contribution in [1.29, 1.82) is 0 Å². The van der Waals surface area contributed by atoms with E-state index in [0.717, 1.165) is 31.0 Å². The van der Waals surface area contributed by atoms with Gasteiger partial charge in [-0.1, -0.05) is 32.9 Å². The summed E-state index contributed by atoms with van der Waals surface area (Å²) in [6, 6.07) is 8.01. The van der Waals surface area contributed by atoms with Gasteiger partial charge in [0, 0.05) is 5.92 Å². The summed E-state index contributed by atoms with van der Waals surface area (Å²) in [5.74, 6) is 2.07. The van der Waals surface area contributed by atoms with E-state index in [2.05, 4.69) is 24.5 Å². The summed E-state index contributed by atoms with van der Waals surface area (Å²) in [5, 5.41) is 6.32. The Hall–Kier alpha value is -1.55. The third-order valence-electron chi connectivity index (χ3n) is 4.26. The van der Waals surface area contributed by atoms with Crippen LogP contribution >= 0.6 is 0 Å². The van der Waals surface area contributed by atoms with Crippen molar-refractivity contribution in [3.05, 3.63) is 29.8 Å². The smallest absolute Gasteiger partial charge is 0.223 e. The average molecular weight is 304 g/mol. The van der Waals surface area contributed by atoms with E-state index < -0.39 is 0 Å². The molecule has 1 amide bonds. The van der Waals surface area contributed by atoms with Crippen LogP contribution in [0.25, 0.3) is 0 Å². The quantitative estimate of drug-likeness (QED) is 0.814. The van der Waals surface area contributed by atoms with Crippen LogP contribution in [-0.2, 0) is 4.79 Å². The number of benzene rings is 1. The second-order valence-electron chi connectivity index (χ2n) is 6.71. The lowest BCUT2D eigenvalue weighted by molar-refractivity contribution is -0.127. The van der Waals surface area contributed by atoms with Crippen LogP contribution in [0.5, 0.6) is 5.75 Å². The van der Waals surface area contributed by atoms with E-state index in [1.165, 1.54) is 0 Å². The minimum Gasteiger partial charge on any atom is -0.493 e. The Morgan fingerprint density at radius 1 is 1.23 bits per heavy atom. The molecule has 2 rings (SSSR count). The molecule has 1 aliphatic heterocycles. The van der Waals surface area contributed by atoms with Crippen LogP contribution in [0.15, 0.2) is 24.3 Å². The fraction of sp³-hybridized carbons (Fsp3) is 0.611. The summed E-state index contributed by atoms with van der Waals surface area (Å²) in [6.07, 6.45) is 0.